The number of para-hydroxylation sites is 4. The van der Waals surface area contributed by atoms with Crippen LogP contribution in [0.15, 0.2) is 276 Å². The van der Waals surface area contributed by atoms with Crippen molar-refractivity contribution in [3.63, 3.8) is 0 Å². The normalized spacial score (nSPS) is 12.7. The van der Waals surface area contributed by atoms with Crippen LogP contribution in [0.5, 0.6) is 0 Å². The van der Waals surface area contributed by atoms with Gasteiger partial charge in [0, 0.05) is 65.0 Å². The monoisotopic (exact) mass is 1180 g/mol. The Morgan fingerprint density at radius 2 is 0.630 bits per heavy atom. The predicted molar refractivity (Wildman–Crippen MR) is 388 cm³/mol. The molecule has 0 saturated carbocycles. The molecular formula is C86H62N4O2. The largest absolute Gasteiger partial charge is 0.456 e. The third-order valence-corrected chi connectivity index (χ3v) is 19.9. The van der Waals surface area contributed by atoms with Crippen LogP contribution in [-0.4, -0.2) is 8.80 Å². The lowest BCUT2D eigenvalue weighted by molar-refractivity contribution is 0.591. The Hall–Kier alpha value is -11.3. The minimum Gasteiger partial charge on any atom is -0.456 e. The number of rotatable bonds is 8. The van der Waals surface area contributed by atoms with E-state index in [9.17, 15) is 0 Å². The second-order valence-corrected chi connectivity index (χ2v) is 27.2. The fourth-order valence-electron chi connectivity index (χ4n) is 15.6. The van der Waals surface area contributed by atoms with Crippen LogP contribution in [0.25, 0.3) is 142 Å². The SMILES string of the molecule is CC(C)(C)c1ccc2c(c1)c1c(N(c3ccccc3-c3ccccc3)c3cccc4oc5ccccc5c34)ccc3c4cc5c(cc4n2c31)c1ccc(N(c2ccccc2-c2ccccc2)c2cccc3oc4ccccc4c23)c2c3cc(C(C)(C)C)ccc3n5c12. The standard InChI is InChI=1S/C86H62N4O2/c1-85(2,3)53-39-43-67-63(47-53)81-71(87(65-31-17-13-27-55(65)51-23-9-7-10-24-51)69-33-21-37-77-79(69)59-29-15-19-35-75(59)91-77)45-41-57-61-50-74-62(49-73(61)89(67)83(57)81)58-42-46-72(82-64-48-54(86(4,5)6)40-44-68(64)90(74)84(58)82)88(66-32-18-14-28-56(66)52-25-11-8-12-26-52)70-34-22-38-78-80(70)60-30-16-20-36-76(60)92-78/h7-50H,1-6H3. The molecule has 0 spiro atoms. The maximum Gasteiger partial charge on any atom is 0.137 e. The van der Waals surface area contributed by atoms with Crippen molar-refractivity contribution in [3.05, 3.63) is 278 Å². The molecule has 0 saturated heterocycles. The van der Waals surface area contributed by atoms with Crippen LogP contribution >= 0.6 is 0 Å². The zero-order valence-corrected chi connectivity index (χ0v) is 52.0. The minimum absolute atomic E-state index is 0.108. The molecule has 92 heavy (non-hydrogen) atoms. The van der Waals surface area contributed by atoms with E-state index < -0.39 is 0 Å². The van der Waals surface area contributed by atoms with Crippen LogP contribution in [0.2, 0.25) is 0 Å². The summed E-state index contributed by atoms with van der Waals surface area (Å²) in [5.41, 5.74) is 24.0. The topological polar surface area (TPSA) is 41.6 Å². The first-order valence-corrected chi connectivity index (χ1v) is 32.1. The summed E-state index contributed by atoms with van der Waals surface area (Å²) < 4.78 is 18.6. The number of nitrogens with zero attached hydrogens (tertiary/aromatic N) is 4. The maximum absolute atomic E-state index is 6.71. The van der Waals surface area contributed by atoms with Gasteiger partial charge < -0.3 is 27.4 Å². The van der Waals surface area contributed by atoms with Gasteiger partial charge in [0.05, 0.1) is 78.0 Å². The van der Waals surface area contributed by atoms with Gasteiger partial charge in [0.25, 0.3) is 0 Å². The predicted octanol–water partition coefficient (Wildman–Crippen LogP) is 24.7. The summed E-state index contributed by atoms with van der Waals surface area (Å²) in [6, 6.07) is 98.6. The summed E-state index contributed by atoms with van der Waals surface area (Å²) in [7, 11) is 0. The molecule has 0 radical (unpaired) electrons. The molecule has 0 bridgehead atoms. The van der Waals surface area contributed by atoms with Gasteiger partial charge in [0.1, 0.15) is 22.3 Å². The number of hydrogen-bond acceptors (Lipinski definition) is 4. The van der Waals surface area contributed by atoms with Gasteiger partial charge in [-0.15, -0.1) is 0 Å². The van der Waals surface area contributed by atoms with Gasteiger partial charge in [-0.05, 0) is 130 Å². The first kappa shape index (κ1) is 52.6. The molecule has 0 aliphatic carbocycles. The second-order valence-electron chi connectivity index (χ2n) is 27.2. The molecule has 13 aromatic carbocycles. The van der Waals surface area contributed by atoms with Gasteiger partial charge in [-0.3, -0.25) is 0 Å². The Balaban J connectivity index is 0.931. The van der Waals surface area contributed by atoms with Crippen LogP contribution in [0.3, 0.4) is 0 Å². The van der Waals surface area contributed by atoms with E-state index in [2.05, 4.69) is 327 Å². The molecule has 438 valence electrons. The van der Waals surface area contributed by atoms with E-state index in [0.717, 1.165) is 100 Å². The first-order valence-electron chi connectivity index (χ1n) is 32.1. The third-order valence-electron chi connectivity index (χ3n) is 19.9. The average Bonchev–Trinajstić information content (AvgIpc) is 1.51. The quantitative estimate of drug-likeness (QED) is 0.152. The van der Waals surface area contributed by atoms with Crippen molar-refractivity contribution in [2.75, 3.05) is 9.80 Å². The third kappa shape index (κ3) is 7.43. The van der Waals surface area contributed by atoms with Gasteiger partial charge in [0.2, 0.25) is 0 Å². The second kappa shape index (κ2) is 19.1. The highest BCUT2D eigenvalue weighted by Gasteiger charge is 2.32. The fourth-order valence-corrected chi connectivity index (χ4v) is 15.6. The minimum atomic E-state index is -0.108. The van der Waals surface area contributed by atoms with Gasteiger partial charge in [-0.2, -0.15) is 0 Å². The number of fused-ring (bicyclic) bond motifs is 18. The number of anilines is 6. The van der Waals surface area contributed by atoms with Crippen LogP contribution in [0.1, 0.15) is 52.7 Å². The summed E-state index contributed by atoms with van der Waals surface area (Å²) in [6.07, 6.45) is 0. The molecule has 0 aliphatic heterocycles. The molecule has 6 aromatic heterocycles. The van der Waals surface area contributed by atoms with Crippen LogP contribution in [-0.2, 0) is 10.8 Å². The number of benzene rings is 13. The highest BCUT2D eigenvalue weighted by molar-refractivity contribution is 6.33. The highest BCUT2D eigenvalue weighted by atomic mass is 16.3. The molecule has 0 N–H and O–H groups in total. The number of furan rings is 2. The van der Waals surface area contributed by atoms with Crippen LogP contribution in [0, 0.1) is 0 Å². The Bertz CT molecular complexity index is 5840. The zero-order valence-electron chi connectivity index (χ0n) is 52.0. The van der Waals surface area contributed by atoms with Gasteiger partial charge in [-0.25, -0.2) is 0 Å². The van der Waals surface area contributed by atoms with Crippen molar-refractivity contribution < 1.29 is 8.83 Å². The Labute approximate surface area is 531 Å². The van der Waals surface area contributed by atoms with E-state index in [-0.39, 0.29) is 10.8 Å². The molecular weight excluding hydrogens is 1120 g/mol. The smallest absolute Gasteiger partial charge is 0.137 e. The molecule has 0 amide bonds. The Morgan fingerprint density at radius 1 is 0.261 bits per heavy atom. The summed E-state index contributed by atoms with van der Waals surface area (Å²) >= 11 is 0. The Morgan fingerprint density at radius 3 is 1.07 bits per heavy atom. The maximum atomic E-state index is 6.71. The summed E-state index contributed by atoms with van der Waals surface area (Å²) in [4.78, 5) is 5.06. The molecule has 6 nitrogen and oxygen atoms in total. The van der Waals surface area contributed by atoms with E-state index in [1.54, 1.807) is 0 Å². The van der Waals surface area contributed by atoms with E-state index in [0.29, 0.717) is 0 Å². The number of aromatic nitrogens is 2. The summed E-state index contributed by atoms with van der Waals surface area (Å²) in [5.74, 6) is 0. The van der Waals surface area contributed by atoms with Gasteiger partial charge in [-0.1, -0.05) is 211 Å². The molecule has 19 rings (SSSR count). The van der Waals surface area contributed by atoms with E-state index in [4.69, 9.17) is 8.83 Å². The van der Waals surface area contributed by atoms with Crippen molar-refractivity contribution in [3.8, 4) is 22.3 Å². The van der Waals surface area contributed by atoms with E-state index >= 15 is 0 Å². The zero-order chi connectivity index (χ0) is 61.5. The molecule has 6 heteroatoms. The molecule has 0 atom stereocenters. The lowest BCUT2D eigenvalue weighted by Gasteiger charge is -2.29. The van der Waals surface area contributed by atoms with Crippen molar-refractivity contribution in [2.24, 2.45) is 0 Å². The van der Waals surface area contributed by atoms with Crippen molar-refractivity contribution in [2.45, 2.75) is 52.4 Å². The van der Waals surface area contributed by atoms with E-state index in [1.807, 2.05) is 0 Å². The summed E-state index contributed by atoms with van der Waals surface area (Å²) in [6.45, 7) is 14.0. The van der Waals surface area contributed by atoms with E-state index in [1.165, 1.54) is 87.3 Å². The van der Waals surface area contributed by atoms with Crippen LogP contribution < -0.4 is 9.80 Å². The van der Waals surface area contributed by atoms with Crippen molar-refractivity contribution in [1.29, 1.82) is 0 Å². The summed E-state index contributed by atoms with van der Waals surface area (Å²) in [5, 5.41) is 14.0. The molecule has 6 heterocycles. The van der Waals surface area contributed by atoms with Gasteiger partial charge in [0.15, 0.2) is 0 Å². The number of hydrogen-bond donors (Lipinski definition) is 0. The lowest BCUT2D eigenvalue weighted by Crippen LogP contribution is -2.12. The fraction of sp³-hybridized carbons (Fsp3) is 0.0930. The van der Waals surface area contributed by atoms with Gasteiger partial charge >= 0.3 is 0 Å². The molecule has 0 fully saturated rings. The first-order chi connectivity index (χ1) is 44.9. The molecule has 0 unspecified atom stereocenters. The Kier molecular flexibility index (Phi) is 10.9. The molecule has 19 aromatic rings. The molecule has 0 aliphatic rings. The van der Waals surface area contributed by atoms with Crippen molar-refractivity contribution >= 4 is 154 Å². The lowest BCUT2D eigenvalue weighted by atomic mass is 9.86. The van der Waals surface area contributed by atoms with Crippen molar-refractivity contribution in [1.82, 2.24) is 8.80 Å². The average molecular weight is 1180 g/mol. The highest BCUT2D eigenvalue weighted by Crippen LogP contribution is 2.55. The van der Waals surface area contributed by atoms with Crippen LogP contribution in [0.4, 0.5) is 34.1 Å².